The Balaban J connectivity index is 2.35. The highest BCUT2D eigenvalue weighted by Gasteiger charge is 2.16. The molecule has 0 atom stereocenters. The number of nitrogens with two attached hydrogens (primary N) is 1. The number of pyridine rings is 1. The van der Waals surface area contributed by atoms with Crippen molar-refractivity contribution in [1.82, 2.24) is 4.98 Å². The Labute approximate surface area is 126 Å². The van der Waals surface area contributed by atoms with E-state index in [1.807, 2.05) is 0 Å². The molecule has 0 radical (unpaired) electrons. The molecule has 0 saturated heterocycles. The molecule has 0 fully saturated rings. The van der Waals surface area contributed by atoms with Crippen LogP contribution in [0.5, 0.6) is 0 Å². The maximum absolute atomic E-state index is 13.1. The van der Waals surface area contributed by atoms with Gasteiger partial charge < -0.3 is 11.1 Å². The number of nitrogen functional groups attached to an aromatic ring is 1. The summed E-state index contributed by atoms with van der Waals surface area (Å²) in [4.78, 5) is 15.5. The third-order valence-corrected chi connectivity index (χ3v) is 3.30. The van der Waals surface area contributed by atoms with Crippen LogP contribution in [-0.4, -0.2) is 10.9 Å². The largest absolute Gasteiger partial charge is 0.383 e. The van der Waals surface area contributed by atoms with Crippen molar-refractivity contribution in [2.24, 2.45) is 0 Å². The predicted octanol–water partition coefficient (Wildman–Crippen LogP) is 3.61. The van der Waals surface area contributed by atoms with E-state index in [0.717, 1.165) is 24.4 Å². The fourth-order valence-corrected chi connectivity index (χ4v) is 2.37. The van der Waals surface area contributed by atoms with Gasteiger partial charge in [0.2, 0.25) is 0 Å². The number of carbonyl (C=O) groups excluding carboxylic acids is 1. The molecule has 2 aromatic rings. The molecule has 104 valence electrons. The van der Waals surface area contributed by atoms with Gasteiger partial charge in [-0.25, -0.2) is 13.8 Å². The third kappa shape index (κ3) is 3.05. The molecular formula is C12H7BrClF2N3O. The normalized spacial score (nSPS) is 10.4. The summed E-state index contributed by atoms with van der Waals surface area (Å²) in [6.45, 7) is 0. The van der Waals surface area contributed by atoms with E-state index in [0.29, 0.717) is 0 Å². The monoisotopic (exact) mass is 361 g/mol. The number of hydrogen-bond donors (Lipinski definition) is 2. The molecule has 8 heteroatoms. The Morgan fingerprint density at radius 3 is 2.65 bits per heavy atom. The van der Waals surface area contributed by atoms with Crippen LogP contribution in [0.3, 0.4) is 0 Å². The summed E-state index contributed by atoms with van der Waals surface area (Å²) in [6.07, 6.45) is 0.896. The number of aromatic nitrogens is 1. The SMILES string of the molecule is Nc1ncc(F)cc1C(=O)Nc1c(Cl)cc(F)cc1Br. The Hall–Kier alpha value is -1.73. The first-order valence-electron chi connectivity index (χ1n) is 5.25. The Morgan fingerprint density at radius 2 is 2.00 bits per heavy atom. The molecule has 1 aromatic heterocycles. The molecule has 0 spiro atoms. The van der Waals surface area contributed by atoms with Crippen LogP contribution in [0.15, 0.2) is 28.9 Å². The molecule has 1 amide bonds. The van der Waals surface area contributed by atoms with Crippen molar-refractivity contribution >= 4 is 44.9 Å². The fourth-order valence-electron chi connectivity index (χ4n) is 1.47. The highest BCUT2D eigenvalue weighted by atomic mass is 79.9. The van der Waals surface area contributed by atoms with Crippen molar-refractivity contribution in [3.05, 3.63) is 51.1 Å². The number of hydrogen-bond acceptors (Lipinski definition) is 3. The van der Waals surface area contributed by atoms with Crippen LogP contribution in [0.4, 0.5) is 20.3 Å². The van der Waals surface area contributed by atoms with Gasteiger partial charge in [-0.3, -0.25) is 4.79 Å². The molecule has 0 bridgehead atoms. The molecule has 3 N–H and O–H groups in total. The molecule has 0 unspecified atom stereocenters. The van der Waals surface area contributed by atoms with E-state index >= 15 is 0 Å². The van der Waals surface area contributed by atoms with Gasteiger partial charge in [-0.05, 0) is 34.1 Å². The number of benzene rings is 1. The van der Waals surface area contributed by atoms with Crippen molar-refractivity contribution < 1.29 is 13.6 Å². The lowest BCUT2D eigenvalue weighted by Gasteiger charge is -2.10. The van der Waals surface area contributed by atoms with Crippen molar-refractivity contribution in [3.63, 3.8) is 0 Å². The zero-order valence-corrected chi connectivity index (χ0v) is 12.1. The zero-order valence-electron chi connectivity index (χ0n) is 9.75. The van der Waals surface area contributed by atoms with Crippen LogP contribution in [-0.2, 0) is 0 Å². The number of halogens is 4. The van der Waals surface area contributed by atoms with Crippen molar-refractivity contribution in [2.75, 3.05) is 11.1 Å². The van der Waals surface area contributed by atoms with Gasteiger partial charge in [0.05, 0.1) is 22.5 Å². The summed E-state index contributed by atoms with van der Waals surface area (Å²) in [6, 6.07) is 3.12. The topological polar surface area (TPSA) is 68.0 Å². The van der Waals surface area contributed by atoms with Crippen molar-refractivity contribution in [3.8, 4) is 0 Å². The Kier molecular flexibility index (Phi) is 4.20. The van der Waals surface area contributed by atoms with E-state index in [2.05, 4.69) is 26.2 Å². The van der Waals surface area contributed by atoms with Crippen LogP contribution in [0.1, 0.15) is 10.4 Å². The van der Waals surface area contributed by atoms with Gasteiger partial charge in [0.15, 0.2) is 0 Å². The summed E-state index contributed by atoms with van der Waals surface area (Å²) < 4.78 is 26.4. The number of carbonyl (C=O) groups is 1. The number of rotatable bonds is 2. The minimum atomic E-state index is -0.705. The minimum absolute atomic E-state index is 0.00633. The molecule has 1 heterocycles. The fraction of sp³-hybridized carbons (Fsp3) is 0. The first-order chi connectivity index (χ1) is 9.38. The lowest BCUT2D eigenvalue weighted by Crippen LogP contribution is -2.16. The Bertz CT molecular complexity index is 673. The van der Waals surface area contributed by atoms with Crippen molar-refractivity contribution in [1.29, 1.82) is 0 Å². The van der Waals surface area contributed by atoms with Gasteiger partial charge in [0, 0.05) is 4.47 Å². The average molecular weight is 363 g/mol. The molecule has 0 aliphatic rings. The molecular weight excluding hydrogens is 356 g/mol. The number of amides is 1. The highest BCUT2D eigenvalue weighted by molar-refractivity contribution is 9.10. The Morgan fingerprint density at radius 1 is 1.30 bits per heavy atom. The van der Waals surface area contributed by atoms with E-state index in [9.17, 15) is 13.6 Å². The third-order valence-electron chi connectivity index (χ3n) is 2.38. The van der Waals surface area contributed by atoms with Crippen LogP contribution in [0.2, 0.25) is 5.02 Å². The average Bonchev–Trinajstić information content (AvgIpc) is 2.36. The van der Waals surface area contributed by atoms with E-state index < -0.39 is 17.5 Å². The second-order valence-electron chi connectivity index (χ2n) is 3.78. The van der Waals surface area contributed by atoms with Gasteiger partial charge in [0.25, 0.3) is 5.91 Å². The van der Waals surface area contributed by atoms with E-state index in [1.54, 1.807) is 0 Å². The summed E-state index contributed by atoms with van der Waals surface area (Å²) in [5.74, 6) is -2.10. The van der Waals surface area contributed by atoms with Crippen molar-refractivity contribution in [2.45, 2.75) is 0 Å². The minimum Gasteiger partial charge on any atom is -0.383 e. The smallest absolute Gasteiger partial charge is 0.259 e. The number of nitrogens with zero attached hydrogens (tertiary/aromatic N) is 1. The molecule has 1 aromatic carbocycles. The summed E-state index contributed by atoms with van der Waals surface area (Å²) >= 11 is 8.90. The highest BCUT2D eigenvalue weighted by Crippen LogP contribution is 2.32. The molecule has 0 aliphatic heterocycles. The molecule has 0 saturated carbocycles. The predicted molar refractivity (Wildman–Crippen MR) is 75.7 cm³/mol. The summed E-state index contributed by atoms with van der Waals surface area (Å²) in [5, 5.41) is 2.41. The van der Waals surface area contributed by atoms with E-state index in [1.165, 1.54) is 0 Å². The first-order valence-corrected chi connectivity index (χ1v) is 6.42. The quantitative estimate of drug-likeness (QED) is 0.857. The van der Waals surface area contributed by atoms with Gasteiger partial charge >= 0.3 is 0 Å². The second kappa shape index (κ2) is 5.72. The second-order valence-corrected chi connectivity index (χ2v) is 5.05. The van der Waals surface area contributed by atoms with Gasteiger partial charge in [-0.2, -0.15) is 0 Å². The molecule has 2 rings (SSSR count). The van der Waals surface area contributed by atoms with Crippen LogP contribution in [0.25, 0.3) is 0 Å². The maximum atomic E-state index is 13.1. The van der Waals surface area contributed by atoms with E-state index in [4.69, 9.17) is 17.3 Å². The van der Waals surface area contributed by atoms with Gasteiger partial charge in [-0.15, -0.1) is 0 Å². The molecule has 0 aliphatic carbocycles. The molecule has 20 heavy (non-hydrogen) atoms. The maximum Gasteiger partial charge on any atom is 0.259 e. The lowest BCUT2D eigenvalue weighted by molar-refractivity contribution is 0.102. The van der Waals surface area contributed by atoms with Gasteiger partial charge in [-0.1, -0.05) is 11.6 Å². The zero-order chi connectivity index (χ0) is 14.9. The van der Waals surface area contributed by atoms with Crippen LogP contribution < -0.4 is 11.1 Å². The van der Waals surface area contributed by atoms with Crippen LogP contribution in [0, 0.1) is 11.6 Å². The van der Waals surface area contributed by atoms with Crippen LogP contribution >= 0.6 is 27.5 Å². The van der Waals surface area contributed by atoms with Gasteiger partial charge in [0.1, 0.15) is 17.5 Å². The summed E-state index contributed by atoms with van der Waals surface area (Å²) in [7, 11) is 0. The summed E-state index contributed by atoms with van der Waals surface area (Å²) in [5.41, 5.74) is 5.51. The number of anilines is 2. The van der Waals surface area contributed by atoms with E-state index in [-0.39, 0.29) is 26.6 Å². The lowest BCUT2D eigenvalue weighted by atomic mass is 10.2. The number of nitrogens with one attached hydrogen (secondary N) is 1. The first kappa shape index (κ1) is 14.7. The standard InChI is InChI=1S/C12H7BrClF2N3O/c13-8-2-5(15)3-9(14)10(8)19-12(20)7-1-6(16)4-18-11(7)17/h1-4H,(H2,17,18)(H,19,20). The molecule has 4 nitrogen and oxygen atoms in total.